The third-order valence-electron chi connectivity index (χ3n) is 3.78. The Bertz CT molecular complexity index is 1050. The Morgan fingerprint density at radius 1 is 1.04 bits per heavy atom. The van der Waals surface area contributed by atoms with E-state index in [0.717, 1.165) is 4.47 Å². The SMILES string of the molecule is O=C(COC(=O)c1[nH]c2ccccc2c1Cl)NCC(=O)Nc1ccccc1Br. The zero-order valence-corrected chi connectivity index (χ0v) is 16.8. The second-order valence-corrected chi connectivity index (χ2v) is 6.97. The first kappa shape index (κ1) is 19.9. The maximum atomic E-state index is 12.2. The third kappa shape index (κ3) is 4.71. The molecule has 0 bridgehead atoms. The lowest BCUT2D eigenvalue weighted by Gasteiger charge is -2.08. The molecule has 9 heteroatoms. The van der Waals surface area contributed by atoms with E-state index in [1.165, 1.54) is 0 Å². The van der Waals surface area contributed by atoms with Crippen LogP contribution >= 0.6 is 27.5 Å². The van der Waals surface area contributed by atoms with Gasteiger partial charge in [-0.3, -0.25) is 9.59 Å². The molecule has 0 radical (unpaired) electrons. The van der Waals surface area contributed by atoms with Crippen LogP contribution in [-0.2, 0) is 14.3 Å². The number of fused-ring (bicyclic) bond motifs is 1. The van der Waals surface area contributed by atoms with Gasteiger partial charge in [0.15, 0.2) is 6.61 Å². The molecule has 0 saturated heterocycles. The zero-order valence-electron chi connectivity index (χ0n) is 14.4. The number of hydrogen-bond acceptors (Lipinski definition) is 4. The molecule has 1 aromatic heterocycles. The minimum Gasteiger partial charge on any atom is -0.451 e. The third-order valence-corrected chi connectivity index (χ3v) is 4.86. The van der Waals surface area contributed by atoms with E-state index in [0.29, 0.717) is 16.6 Å². The molecular formula is C19H15BrClN3O4. The molecule has 0 saturated carbocycles. The van der Waals surface area contributed by atoms with Crippen molar-refractivity contribution in [2.75, 3.05) is 18.5 Å². The Kier molecular flexibility index (Phi) is 6.33. The normalized spacial score (nSPS) is 10.5. The highest BCUT2D eigenvalue weighted by Crippen LogP contribution is 2.27. The number of aromatic amines is 1. The summed E-state index contributed by atoms with van der Waals surface area (Å²) in [6, 6.07) is 14.2. The van der Waals surface area contributed by atoms with Gasteiger partial charge in [-0.2, -0.15) is 0 Å². The van der Waals surface area contributed by atoms with Gasteiger partial charge in [-0.15, -0.1) is 0 Å². The minimum atomic E-state index is -0.756. The Morgan fingerprint density at radius 2 is 1.75 bits per heavy atom. The van der Waals surface area contributed by atoms with Crippen LogP contribution in [0.4, 0.5) is 5.69 Å². The number of rotatable bonds is 6. The van der Waals surface area contributed by atoms with Crippen LogP contribution in [0.3, 0.4) is 0 Å². The number of halogens is 2. The number of carbonyl (C=O) groups excluding carboxylic acids is 3. The first-order valence-electron chi connectivity index (χ1n) is 8.20. The topological polar surface area (TPSA) is 100 Å². The summed E-state index contributed by atoms with van der Waals surface area (Å²) in [6.07, 6.45) is 0. The lowest BCUT2D eigenvalue weighted by Crippen LogP contribution is -2.35. The summed E-state index contributed by atoms with van der Waals surface area (Å²) in [5.74, 6) is -1.78. The van der Waals surface area contributed by atoms with Crippen LogP contribution in [0.5, 0.6) is 0 Å². The van der Waals surface area contributed by atoms with Crippen molar-refractivity contribution in [3.8, 4) is 0 Å². The molecule has 1 heterocycles. The first-order valence-corrected chi connectivity index (χ1v) is 9.37. The smallest absolute Gasteiger partial charge is 0.356 e. The molecule has 3 N–H and O–H groups in total. The summed E-state index contributed by atoms with van der Waals surface area (Å²) in [7, 11) is 0. The molecule has 0 aliphatic rings. The van der Waals surface area contributed by atoms with E-state index in [9.17, 15) is 14.4 Å². The van der Waals surface area contributed by atoms with E-state index in [1.54, 1.807) is 42.5 Å². The van der Waals surface area contributed by atoms with E-state index < -0.39 is 24.4 Å². The average Bonchev–Trinajstić information content (AvgIpc) is 3.03. The van der Waals surface area contributed by atoms with Crippen LogP contribution in [0.2, 0.25) is 5.02 Å². The van der Waals surface area contributed by atoms with Crippen molar-refractivity contribution in [3.05, 3.63) is 63.7 Å². The van der Waals surface area contributed by atoms with Crippen molar-refractivity contribution in [2.24, 2.45) is 0 Å². The van der Waals surface area contributed by atoms with Gasteiger partial charge in [-0.25, -0.2) is 4.79 Å². The van der Waals surface area contributed by atoms with Crippen molar-refractivity contribution >= 4 is 61.9 Å². The molecule has 2 aromatic carbocycles. The molecule has 3 aromatic rings. The van der Waals surface area contributed by atoms with Crippen LogP contribution in [0.15, 0.2) is 53.0 Å². The molecule has 0 atom stereocenters. The van der Waals surface area contributed by atoms with Crippen LogP contribution in [0.25, 0.3) is 10.9 Å². The Hall–Kier alpha value is -2.84. The molecule has 0 spiro atoms. The fourth-order valence-corrected chi connectivity index (χ4v) is 3.11. The van der Waals surface area contributed by atoms with Gasteiger partial charge in [-0.1, -0.05) is 41.9 Å². The first-order chi connectivity index (χ1) is 13.5. The van der Waals surface area contributed by atoms with Gasteiger partial charge in [-0.05, 0) is 34.1 Å². The quantitative estimate of drug-likeness (QED) is 0.486. The van der Waals surface area contributed by atoms with Gasteiger partial charge < -0.3 is 20.4 Å². The number of amides is 2. The summed E-state index contributed by atoms with van der Waals surface area (Å²) in [5.41, 5.74) is 1.34. The van der Waals surface area contributed by atoms with Crippen LogP contribution in [-0.4, -0.2) is 35.9 Å². The van der Waals surface area contributed by atoms with Crippen molar-refractivity contribution in [1.82, 2.24) is 10.3 Å². The molecule has 144 valence electrons. The lowest BCUT2D eigenvalue weighted by atomic mass is 10.2. The maximum Gasteiger partial charge on any atom is 0.356 e. The summed E-state index contributed by atoms with van der Waals surface area (Å²) in [5, 5.41) is 5.95. The Morgan fingerprint density at radius 3 is 2.50 bits per heavy atom. The summed E-state index contributed by atoms with van der Waals surface area (Å²) < 4.78 is 5.69. The molecule has 28 heavy (non-hydrogen) atoms. The highest BCUT2D eigenvalue weighted by Gasteiger charge is 2.18. The molecule has 0 fully saturated rings. The lowest BCUT2D eigenvalue weighted by molar-refractivity contribution is -0.126. The minimum absolute atomic E-state index is 0.0716. The van der Waals surface area contributed by atoms with Crippen molar-refractivity contribution < 1.29 is 19.1 Å². The summed E-state index contributed by atoms with van der Waals surface area (Å²) in [4.78, 5) is 38.8. The highest BCUT2D eigenvalue weighted by molar-refractivity contribution is 9.10. The molecule has 0 aliphatic heterocycles. The predicted molar refractivity (Wildman–Crippen MR) is 109 cm³/mol. The second-order valence-electron chi connectivity index (χ2n) is 5.74. The summed E-state index contributed by atoms with van der Waals surface area (Å²) >= 11 is 9.48. The number of carbonyl (C=O) groups is 3. The number of esters is 1. The standard InChI is InChI=1S/C19H15BrClN3O4/c20-12-6-2-4-8-14(12)23-15(25)9-22-16(26)10-28-19(27)18-17(21)11-5-1-3-7-13(11)24-18/h1-8,24H,9-10H2,(H,22,26)(H,23,25). The number of hydrogen-bond donors (Lipinski definition) is 3. The van der Waals surface area contributed by atoms with Crippen molar-refractivity contribution in [2.45, 2.75) is 0 Å². The van der Waals surface area contributed by atoms with Gasteiger partial charge in [0.25, 0.3) is 5.91 Å². The average molecular weight is 465 g/mol. The molecule has 0 aliphatic carbocycles. The second kappa shape index (κ2) is 8.90. The Balaban J connectivity index is 1.48. The van der Waals surface area contributed by atoms with Crippen molar-refractivity contribution in [1.29, 1.82) is 0 Å². The van der Waals surface area contributed by atoms with Crippen molar-refractivity contribution in [3.63, 3.8) is 0 Å². The number of H-pyrrole nitrogens is 1. The Labute approximate surface area is 173 Å². The molecule has 3 rings (SSSR count). The number of benzene rings is 2. The monoisotopic (exact) mass is 463 g/mol. The number of ether oxygens (including phenoxy) is 1. The van der Waals surface area contributed by atoms with Gasteiger partial charge in [0.2, 0.25) is 5.91 Å². The van der Waals surface area contributed by atoms with E-state index in [2.05, 4.69) is 31.5 Å². The number of aromatic nitrogens is 1. The van der Waals surface area contributed by atoms with Gasteiger partial charge in [0.1, 0.15) is 5.69 Å². The summed E-state index contributed by atoms with van der Waals surface area (Å²) in [6.45, 7) is -0.794. The van der Waals surface area contributed by atoms with E-state index in [-0.39, 0.29) is 17.3 Å². The van der Waals surface area contributed by atoms with E-state index in [4.69, 9.17) is 16.3 Å². The molecule has 0 unspecified atom stereocenters. The molecule has 7 nitrogen and oxygen atoms in total. The number of nitrogens with one attached hydrogen (secondary N) is 3. The van der Waals surface area contributed by atoms with Crippen LogP contribution < -0.4 is 10.6 Å². The van der Waals surface area contributed by atoms with Crippen LogP contribution in [0.1, 0.15) is 10.5 Å². The van der Waals surface area contributed by atoms with Crippen LogP contribution in [0, 0.1) is 0 Å². The maximum absolute atomic E-state index is 12.2. The largest absolute Gasteiger partial charge is 0.451 e. The zero-order chi connectivity index (χ0) is 20.1. The molecular weight excluding hydrogens is 450 g/mol. The molecule has 2 amide bonds. The van der Waals surface area contributed by atoms with Gasteiger partial charge in [0.05, 0.1) is 17.3 Å². The van der Waals surface area contributed by atoms with Gasteiger partial charge >= 0.3 is 5.97 Å². The van der Waals surface area contributed by atoms with E-state index >= 15 is 0 Å². The van der Waals surface area contributed by atoms with E-state index in [1.807, 2.05) is 6.07 Å². The fourth-order valence-electron chi connectivity index (χ4n) is 2.44. The number of anilines is 1. The van der Waals surface area contributed by atoms with Gasteiger partial charge in [0, 0.05) is 15.4 Å². The highest BCUT2D eigenvalue weighted by atomic mass is 79.9. The predicted octanol–water partition coefficient (Wildman–Crippen LogP) is 3.50. The fraction of sp³-hybridized carbons (Fsp3) is 0.105. The number of para-hydroxylation sites is 2.